The van der Waals surface area contributed by atoms with Crippen molar-refractivity contribution in [1.29, 1.82) is 0 Å². The summed E-state index contributed by atoms with van der Waals surface area (Å²) in [7, 11) is 0. The van der Waals surface area contributed by atoms with Crippen LogP contribution in [0.4, 0.5) is 5.69 Å². The van der Waals surface area contributed by atoms with E-state index in [9.17, 15) is 9.59 Å². The first-order valence-corrected chi connectivity index (χ1v) is 9.68. The lowest BCUT2D eigenvalue weighted by Crippen LogP contribution is -2.40. The molecule has 132 valence electrons. The molecule has 1 heterocycles. The lowest BCUT2D eigenvalue weighted by atomic mass is 9.98. The van der Waals surface area contributed by atoms with Crippen molar-refractivity contribution < 1.29 is 14.3 Å². The van der Waals surface area contributed by atoms with Crippen LogP contribution >= 0.6 is 11.8 Å². The molecule has 0 spiro atoms. The molecule has 5 nitrogen and oxygen atoms in total. The fraction of sp³-hybridized carbons (Fsp3) is 0.556. The predicted octanol–water partition coefficient (Wildman–Crippen LogP) is 3.01. The van der Waals surface area contributed by atoms with Gasteiger partial charge in [-0.3, -0.25) is 9.59 Å². The molecule has 6 heteroatoms. The first kappa shape index (κ1) is 18.8. The molecule has 1 fully saturated rings. The average Bonchev–Trinajstić information content (AvgIpc) is 2.61. The maximum atomic E-state index is 12.2. The summed E-state index contributed by atoms with van der Waals surface area (Å²) < 4.78 is 5.11. The number of nitrogens with zero attached hydrogens (tertiary/aromatic N) is 1. The van der Waals surface area contributed by atoms with Gasteiger partial charge in [-0.05, 0) is 44.7 Å². The van der Waals surface area contributed by atoms with Gasteiger partial charge >= 0.3 is 5.97 Å². The number of thioether (sulfide) groups is 1. The molecule has 1 saturated heterocycles. The third-order valence-corrected chi connectivity index (χ3v) is 4.96. The van der Waals surface area contributed by atoms with E-state index in [-0.39, 0.29) is 17.8 Å². The Labute approximate surface area is 148 Å². The summed E-state index contributed by atoms with van der Waals surface area (Å²) in [6, 6.07) is 7.80. The van der Waals surface area contributed by atoms with Crippen molar-refractivity contribution in [1.82, 2.24) is 4.90 Å². The minimum Gasteiger partial charge on any atom is -0.466 e. The third kappa shape index (κ3) is 5.53. The Bertz CT molecular complexity index is 565. The molecule has 1 amide bonds. The fourth-order valence-corrected chi connectivity index (χ4v) is 3.49. The molecule has 0 radical (unpaired) electrons. The third-order valence-electron chi connectivity index (χ3n) is 4.16. The van der Waals surface area contributed by atoms with E-state index in [4.69, 9.17) is 4.74 Å². The van der Waals surface area contributed by atoms with Crippen molar-refractivity contribution in [2.75, 3.05) is 37.8 Å². The summed E-state index contributed by atoms with van der Waals surface area (Å²) in [5, 5.41) is 2.98. The zero-order valence-electron chi connectivity index (χ0n) is 14.4. The van der Waals surface area contributed by atoms with Crippen molar-refractivity contribution in [2.24, 2.45) is 5.92 Å². The number of carbonyl (C=O) groups is 2. The zero-order chi connectivity index (χ0) is 17.4. The van der Waals surface area contributed by atoms with Crippen LogP contribution in [0, 0.1) is 5.92 Å². The van der Waals surface area contributed by atoms with E-state index in [1.807, 2.05) is 37.4 Å². The van der Waals surface area contributed by atoms with Gasteiger partial charge in [-0.1, -0.05) is 12.1 Å². The van der Waals surface area contributed by atoms with Gasteiger partial charge in [0.2, 0.25) is 5.91 Å². The maximum Gasteiger partial charge on any atom is 0.310 e. The highest BCUT2D eigenvalue weighted by Gasteiger charge is 2.26. The van der Waals surface area contributed by atoms with E-state index in [2.05, 4.69) is 10.2 Å². The molecule has 24 heavy (non-hydrogen) atoms. The van der Waals surface area contributed by atoms with Crippen molar-refractivity contribution in [3.05, 3.63) is 24.3 Å². The molecule has 2 rings (SSSR count). The number of ether oxygens (including phenoxy) is 1. The summed E-state index contributed by atoms with van der Waals surface area (Å²) in [5.41, 5.74) is 0.859. The largest absolute Gasteiger partial charge is 0.466 e. The average molecular weight is 350 g/mol. The Morgan fingerprint density at radius 1 is 1.38 bits per heavy atom. The monoisotopic (exact) mass is 350 g/mol. The molecule has 0 aromatic heterocycles. The summed E-state index contributed by atoms with van der Waals surface area (Å²) in [6.45, 7) is 4.54. The second-order valence-electron chi connectivity index (χ2n) is 5.89. The van der Waals surface area contributed by atoms with Crippen molar-refractivity contribution in [3.63, 3.8) is 0 Å². The van der Waals surface area contributed by atoms with Crippen LogP contribution in [0.5, 0.6) is 0 Å². The van der Waals surface area contributed by atoms with Gasteiger partial charge in [0.15, 0.2) is 0 Å². The van der Waals surface area contributed by atoms with Gasteiger partial charge < -0.3 is 15.0 Å². The van der Waals surface area contributed by atoms with Gasteiger partial charge in [-0.15, -0.1) is 11.8 Å². The number of rotatable bonds is 7. The normalized spacial score (nSPS) is 18.2. The van der Waals surface area contributed by atoms with Crippen molar-refractivity contribution >= 4 is 29.3 Å². The Morgan fingerprint density at radius 3 is 2.92 bits per heavy atom. The van der Waals surface area contributed by atoms with Crippen molar-refractivity contribution in [2.45, 2.75) is 31.1 Å². The van der Waals surface area contributed by atoms with E-state index < -0.39 is 0 Å². The standard InChI is InChI=1S/C18H26N2O3S/c1-3-23-18(22)14-7-6-11-20(13-14)12-10-17(21)19-15-8-4-5-9-16(15)24-2/h4-5,8-9,14H,3,6-7,10-13H2,1-2H3,(H,19,21). The molecule has 0 bridgehead atoms. The summed E-state index contributed by atoms with van der Waals surface area (Å²) in [4.78, 5) is 27.3. The van der Waals surface area contributed by atoms with Crippen LogP contribution in [-0.2, 0) is 14.3 Å². The molecule has 1 aromatic rings. The van der Waals surface area contributed by atoms with Crippen LogP contribution in [0.3, 0.4) is 0 Å². The number of carbonyl (C=O) groups excluding carboxylic acids is 2. The lowest BCUT2D eigenvalue weighted by molar-refractivity contribution is -0.149. The fourth-order valence-electron chi connectivity index (χ4n) is 2.93. The maximum absolute atomic E-state index is 12.2. The van der Waals surface area contributed by atoms with E-state index in [0.717, 1.165) is 30.0 Å². The van der Waals surface area contributed by atoms with Gasteiger partial charge in [0.05, 0.1) is 18.2 Å². The van der Waals surface area contributed by atoms with Crippen LogP contribution in [0.15, 0.2) is 29.2 Å². The molecule has 1 unspecified atom stereocenters. The second kappa shape index (κ2) is 9.69. The Balaban J connectivity index is 1.80. The molecule has 0 aliphatic carbocycles. The number of esters is 1. The van der Waals surface area contributed by atoms with Gasteiger partial charge in [0, 0.05) is 24.4 Å². The van der Waals surface area contributed by atoms with Gasteiger partial charge in [-0.25, -0.2) is 0 Å². The second-order valence-corrected chi connectivity index (χ2v) is 6.74. The quantitative estimate of drug-likeness (QED) is 0.605. The van der Waals surface area contributed by atoms with Gasteiger partial charge in [-0.2, -0.15) is 0 Å². The Hall–Kier alpha value is -1.53. The number of amides is 1. The summed E-state index contributed by atoms with van der Waals surface area (Å²) >= 11 is 1.62. The minimum atomic E-state index is -0.111. The molecular formula is C18H26N2O3S. The van der Waals surface area contributed by atoms with Crippen molar-refractivity contribution in [3.8, 4) is 0 Å². The van der Waals surface area contributed by atoms with E-state index >= 15 is 0 Å². The summed E-state index contributed by atoms with van der Waals surface area (Å²) in [5.74, 6) is -0.158. The molecular weight excluding hydrogens is 324 g/mol. The zero-order valence-corrected chi connectivity index (χ0v) is 15.2. The minimum absolute atomic E-state index is 0.00904. The highest BCUT2D eigenvalue weighted by atomic mass is 32.2. The number of para-hydroxylation sites is 1. The Kier molecular flexibility index (Phi) is 7.59. The topological polar surface area (TPSA) is 58.6 Å². The van der Waals surface area contributed by atoms with Crippen LogP contribution < -0.4 is 5.32 Å². The number of anilines is 1. The molecule has 1 atom stereocenters. The molecule has 0 saturated carbocycles. The highest BCUT2D eigenvalue weighted by molar-refractivity contribution is 7.98. The molecule has 1 aliphatic rings. The van der Waals surface area contributed by atoms with E-state index in [1.165, 1.54) is 0 Å². The predicted molar refractivity (Wildman–Crippen MR) is 97.3 cm³/mol. The summed E-state index contributed by atoms with van der Waals surface area (Å²) in [6.07, 6.45) is 4.27. The molecule has 1 N–H and O–H groups in total. The van der Waals surface area contributed by atoms with Crippen LogP contribution in [0.25, 0.3) is 0 Å². The van der Waals surface area contributed by atoms with Gasteiger partial charge in [0.25, 0.3) is 0 Å². The molecule has 1 aromatic carbocycles. The van der Waals surface area contributed by atoms with E-state index in [0.29, 0.717) is 26.1 Å². The van der Waals surface area contributed by atoms with Crippen LogP contribution in [0.1, 0.15) is 26.2 Å². The lowest BCUT2D eigenvalue weighted by Gasteiger charge is -2.31. The van der Waals surface area contributed by atoms with E-state index in [1.54, 1.807) is 11.8 Å². The number of likely N-dealkylation sites (tertiary alicyclic amines) is 1. The SMILES string of the molecule is CCOC(=O)C1CCCN(CCC(=O)Nc2ccccc2SC)C1. The number of piperidine rings is 1. The first-order valence-electron chi connectivity index (χ1n) is 8.46. The van der Waals surface area contributed by atoms with Gasteiger partial charge in [0.1, 0.15) is 0 Å². The van der Waals surface area contributed by atoms with Crippen LogP contribution in [-0.4, -0.2) is 49.3 Å². The Morgan fingerprint density at radius 2 is 2.17 bits per heavy atom. The molecule has 1 aliphatic heterocycles. The highest BCUT2D eigenvalue weighted by Crippen LogP contribution is 2.24. The number of hydrogen-bond donors (Lipinski definition) is 1. The number of nitrogens with one attached hydrogen (secondary N) is 1. The smallest absolute Gasteiger partial charge is 0.310 e. The number of benzene rings is 1. The first-order chi connectivity index (χ1) is 11.6. The number of hydrogen-bond acceptors (Lipinski definition) is 5. The van der Waals surface area contributed by atoms with Crippen LogP contribution in [0.2, 0.25) is 0 Å².